The van der Waals surface area contributed by atoms with Crippen LogP contribution in [-0.2, 0) is 6.42 Å². The molecule has 0 atom stereocenters. The molecule has 2 aromatic rings. The van der Waals surface area contributed by atoms with Gasteiger partial charge in [0, 0.05) is 16.8 Å². The van der Waals surface area contributed by atoms with Crippen molar-refractivity contribution in [3.05, 3.63) is 35.5 Å². The van der Waals surface area contributed by atoms with Gasteiger partial charge in [-0.2, -0.15) is 0 Å². The highest BCUT2D eigenvalue weighted by Gasteiger charge is 2.11. The molecular weight excluding hydrogens is 286 g/mol. The molecule has 4 nitrogen and oxygen atoms in total. The first-order chi connectivity index (χ1) is 10.8. The quantitative estimate of drug-likeness (QED) is 0.888. The Morgan fingerprint density at radius 1 is 1.09 bits per heavy atom. The van der Waals surface area contributed by atoms with Crippen LogP contribution in [0.4, 0.5) is 5.82 Å². The number of hydrogen-bond donors (Lipinski definition) is 1. The molecule has 0 aliphatic rings. The second kappa shape index (κ2) is 6.99. The third-order valence-electron chi connectivity index (χ3n) is 3.83. The third-order valence-corrected chi connectivity index (χ3v) is 3.83. The predicted molar refractivity (Wildman–Crippen MR) is 95.6 cm³/mol. The number of aryl methyl sites for hydroxylation is 1. The fourth-order valence-corrected chi connectivity index (χ4v) is 2.36. The first-order valence-corrected chi connectivity index (χ1v) is 8.16. The maximum absolute atomic E-state index is 6.03. The molecule has 23 heavy (non-hydrogen) atoms. The van der Waals surface area contributed by atoms with Gasteiger partial charge in [-0.3, -0.25) is 0 Å². The van der Waals surface area contributed by atoms with Gasteiger partial charge in [0.2, 0.25) is 0 Å². The summed E-state index contributed by atoms with van der Waals surface area (Å²) >= 11 is 0. The number of anilines is 1. The van der Waals surface area contributed by atoms with Gasteiger partial charge < -0.3 is 10.5 Å². The maximum atomic E-state index is 6.03. The summed E-state index contributed by atoms with van der Waals surface area (Å²) in [6.07, 6.45) is 1.87. The average Bonchev–Trinajstić information content (AvgIpc) is 2.46. The molecule has 1 heterocycles. The van der Waals surface area contributed by atoms with E-state index in [9.17, 15) is 0 Å². The van der Waals surface area contributed by atoms with Crippen LogP contribution in [0, 0.1) is 12.3 Å². The van der Waals surface area contributed by atoms with Crippen LogP contribution in [0.2, 0.25) is 0 Å². The molecule has 0 bridgehead atoms. The van der Waals surface area contributed by atoms with Gasteiger partial charge >= 0.3 is 0 Å². The molecule has 0 spiro atoms. The summed E-state index contributed by atoms with van der Waals surface area (Å²) in [5.41, 5.74) is 9.23. The third kappa shape index (κ3) is 4.68. The van der Waals surface area contributed by atoms with E-state index in [1.807, 2.05) is 31.2 Å². The molecule has 0 radical (unpaired) electrons. The van der Waals surface area contributed by atoms with Gasteiger partial charge in [-0.1, -0.05) is 27.7 Å². The molecule has 2 N–H and O–H groups in total. The van der Waals surface area contributed by atoms with Crippen LogP contribution in [0.15, 0.2) is 24.3 Å². The van der Waals surface area contributed by atoms with Gasteiger partial charge in [-0.05, 0) is 49.4 Å². The summed E-state index contributed by atoms with van der Waals surface area (Å²) in [5.74, 6) is 2.10. The Labute approximate surface area is 139 Å². The van der Waals surface area contributed by atoms with E-state index in [-0.39, 0.29) is 5.41 Å². The Kier molecular flexibility index (Phi) is 5.24. The molecule has 0 aliphatic heterocycles. The Balaban J connectivity index is 2.11. The molecule has 1 aromatic carbocycles. The highest BCUT2D eigenvalue weighted by atomic mass is 16.5. The molecule has 0 saturated heterocycles. The zero-order chi connectivity index (χ0) is 17.0. The number of hydrogen-bond acceptors (Lipinski definition) is 4. The monoisotopic (exact) mass is 313 g/mol. The molecule has 0 unspecified atom stereocenters. The lowest BCUT2D eigenvalue weighted by atomic mass is 9.93. The molecule has 4 heteroatoms. The average molecular weight is 313 g/mol. The Morgan fingerprint density at radius 3 is 2.26 bits per heavy atom. The first kappa shape index (κ1) is 17.3. The van der Waals surface area contributed by atoms with E-state index >= 15 is 0 Å². The Morgan fingerprint density at radius 2 is 1.74 bits per heavy atom. The summed E-state index contributed by atoms with van der Waals surface area (Å²) in [5, 5.41) is 0. The van der Waals surface area contributed by atoms with Crippen molar-refractivity contribution in [1.82, 2.24) is 9.97 Å². The van der Waals surface area contributed by atoms with Crippen molar-refractivity contribution in [2.24, 2.45) is 5.41 Å². The van der Waals surface area contributed by atoms with Crippen molar-refractivity contribution in [2.75, 3.05) is 12.3 Å². The van der Waals surface area contributed by atoms with E-state index < -0.39 is 0 Å². The van der Waals surface area contributed by atoms with E-state index in [4.69, 9.17) is 10.5 Å². The van der Waals surface area contributed by atoms with Crippen molar-refractivity contribution >= 4 is 5.82 Å². The van der Waals surface area contributed by atoms with Crippen LogP contribution in [-0.4, -0.2) is 16.6 Å². The van der Waals surface area contributed by atoms with Gasteiger partial charge in [-0.25, -0.2) is 9.97 Å². The molecule has 0 aliphatic carbocycles. The lowest BCUT2D eigenvalue weighted by molar-refractivity contribution is 0.243. The summed E-state index contributed by atoms with van der Waals surface area (Å²) in [4.78, 5) is 8.99. The summed E-state index contributed by atoms with van der Waals surface area (Å²) in [6.45, 7) is 11.4. The predicted octanol–water partition coefficient (Wildman–Crippen LogP) is 4.41. The number of rotatable bonds is 5. The number of ether oxygens (including phenoxy) is 1. The first-order valence-electron chi connectivity index (χ1n) is 8.16. The molecule has 2 rings (SSSR count). The largest absolute Gasteiger partial charge is 0.494 e. The minimum atomic E-state index is 0.282. The van der Waals surface area contributed by atoms with Gasteiger partial charge in [0.15, 0.2) is 5.82 Å². The number of nitrogens with zero attached hydrogens (tertiary/aromatic N) is 2. The van der Waals surface area contributed by atoms with Crippen molar-refractivity contribution in [3.63, 3.8) is 0 Å². The number of nitrogens with two attached hydrogens (primary N) is 1. The normalized spacial score (nSPS) is 11.5. The van der Waals surface area contributed by atoms with E-state index in [2.05, 4.69) is 37.7 Å². The molecule has 0 fully saturated rings. The zero-order valence-corrected chi connectivity index (χ0v) is 14.8. The van der Waals surface area contributed by atoms with Crippen molar-refractivity contribution in [2.45, 2.75) is 47.5 Å². The topological polar surface area (TPSA) is 61.0 Å². The second-order valence-corrected chi connectivity index (χ2v) is 7.03. The van der Waals surface area contributed by atoms with Crippen molar-refractivity contribution < 1.29 is 4.74 Å². The van der Waals surface area contributed by atoms with Crippen LogP contribution in [0.5, 0.6) is 5.75 Å². The minimum absolute atomic E-state index is 0.282. The Hall–Kier alpha value is -2.10. The van der Waals surface area contributed by atoms with E-state index in [0.717, 1.165) is 42.0 Å². The SMILES string of the molecule is CCc1c(C)nc(-c2ccc(OCCC(C)(C)C)cc2)nc1N. The van der Waals surface area contributed by atoms with Gasteiger partial charge in [0.25, 0.3) is 0 Å². The smallest absolute Gasteiger partial charge is 0.161 e. The van der Waals surface area contributed by atoms with Crippen LogP contribution in [0.1, 0.15) is 45.4 Å². The van der Waals surface area contributed by atoms with E-state index in [1.54, 1.807) is 0 Å². The molecule has 0 amide bonds. The standard InChI is InChI=1S/C19H27N3O/c1-6-16-13(2)21-18(22-17(16)20)14-7-9-15(10-8-14)23-12-11-19(3,4)5/h7-10H,6,11-12H2,1-5H3,(H2,20,21,22). The number of aromatic nitrogens is 2. The van der Waals surface area contributed by atoms with E-state index in [1.165, 1.54) is 0 Å². The highest BCUT2D eigenvalue weighted by Crippen LogP contribution is 2.24. The van der Waals surface area contributed by atoms with Crippen LogP contribution in [0.3, 0.4) is 0 Å². The number of nitrogen functional groups attached to an aromatic ring is 1. The van der Waals surface area contributed by atoms with Gasteiger partial charge in [0.1, 0.15) is 11.6 Å². The molecule has 124 valence electrons. The minimum Gasteiger partial charge on any atom is -0.494 e. The zero-order valence-electron chi connectivity index (χ0n) is 14.8. The van der Waals surface area contributed by atoms with E-state index in [0.29, 0.717) is 11.6 Å². The van der Waals surface area contributed by atoms with Crippen LogP contribution in [0.25, 0.3) is 11.4 Å². The fourth-order valence-electron chi connectivity index (χ4n) is 2.36. The molecular formula is C19H27N3O. The molecule has 0 saturated carbocycles. The molecule has 1 aromatic heterocycles. The maximum Gasteiger partial charge on any atom is 0.161 e. The van der Waals surface area contributed by atoms with Crippen LogP contribution < -0.4 is 10.5 Å². The van der Waals surface area contributed by atoms with Gasteiger partial charge in [0.05, 0.1) is 6.61 Å². The summed E-state index contributed by atoms with van der Waals surface area (Å²) in [6, 6.07) is 7.87. The Bertz CT molecular complexity index is 634. The van der Waals surface area contributed by atoms with Crippen molar-refractivity contribution in [1.29, 1.82) is 0 Å². The van der Waals surface area contributed by atoms with Gasteiger partial charge in [-0.15, -0.1) is 0 Å². The van der Waals surface area contributed by atoms with Crippen LogP contribution >= 0.6 is 0 Å². The summed E-state index contributed by atoms with van der Waals surface area (Å²) < 4.78 is 5.79. The fraction of sp³-hybridized carbons (Fsp3) is 0.474. The summed E-state index contributed by atoms with van der Waals surface area (Å²) in [7, 11) is 0. The highest BCUT2D eigenvalue weighted by molar-refractivity contribution is 5.59. The number of benzene rings is 1. The van der Waals surface area contributed by atoms with Crippen molar-refractivity contribution in [3.8, 4) is 17.1 Å². The lowest BCUT2D eigenvalue weighted by Crippen LogP contribution is -2.11. The lowest BCUT2D eigenvalue weighted by Gasteiger charge is -2.18. The second-order valence-electron chi connectivity index (χ2n) is 7.03.